The third-order valence-electron chi connectivity index (χ3n) is 7.34. The van der Waals surface area contributed by atoms with Gasteiger partial charge >= 0.3 is 0 Å². The highest BCUT2D eigenvalue weighted by Gasteiger charge is 2.21. The molecule has 7 aromatic rings. The van der Waals surface area contributed by atoms with Gasteiger partial charge in [-0.1, -0.05) is 103 Å². The highest BCUT2D eigenvalue weighted by molar-refractivity contribution is 6.03. The largest absolute Gasteiger partial charge is 0.354 e. The van der Waals surface area contributed by atoms with Crippen molar-refractivity contribution in [3.05, 3.63) is 170 Å². The van der Waals surface area contributed by atoms with Gasteiger partial charge in [0.25, 0.3) is 0 Å². The fourth-order valence-corrected chi connectivity index (χ4v) is 5.47. The first-order chi connectivity index (χ1) is 20.3. The lowest BCUT2D eigenvalue weighted by molar-refractivity contribution is 1.26. The number of nitrogens with one attached hydrogen (secondary N) is 1. The summed E-state index contributed by atoms with van der Waals surface area (Å²) in [6.07, 6.45) is 0. The SMILES string of the molecule is c1ccc(-c2cc3c(N(c4ccccc4)c4ccccc4)cc(N(c4ccccc4)c4ccccc4)cc3[nH]2)cc1. The molecule has 0 atom stereocenters. The number of benzene rings is 6. The highest BCUT2D eigenvalue weighted by atomic mass is 15.2. The molecule has 0 spiro atoms. The number of aromatic nitrogens is 1. The van der Waals surface area contributed by atoms with Gasteiger partial charge in [0.05, 0.1) is 16.9 Å². The maximum absolute atomic E-state index is 3.75. The molecule has 0 radical (unpaired) electrons. The van der Waals surface area contributed by atoms with Crippen molar-refractivity contribution in [1.29, 1.82) is 0 Å². The number of fused-ring (bicyclic) bond motifs is 1. The Labute approximate surface area is 240 Å². The number of hydrogen-bond acceptors (Lipinski definition) is 2. The van der Waals surface area contributed by atoms with Crippen molar-refractivity contribution in [3.8, 4) is 11.3 Å². The van der Waals surface area contributed by atoms with Crippen LogP contribution in [0.25, 0.3) is 22.2 Å². The average molecular weight is 528 g/mol. The number of H-pyrrole nitrogens is 1. The van der Waals surface area contributed by atoms with Gasteiger partial charge in [-0.3, -0.25) is 0 Å². The second kappa shape index (κ2) is 10.9. The summed E-state index contributed by atoms with van der Waals surface area (Å²) in [5.74, 6) is 0. The minimum absolute atomic E-state index is 1.07. The van der Waals surface area contributed by atoms with E-state index in [1.54, 1.807) is 0 Å². The van der Waals surface area contributed by atoms with E-state index < -0.39 is 0 Å². The number of aromatic amines is 1. The predicted molar refractivity (Wildman–Crippen MR) is 173 cm³/mol. The molecule has 6 aromatic carbocycles. The Bertz CT molecular complexity index is 1790. The monoisotopic (exact) mass is 527 g/mol. The van der Waals surface area contributed by atoms with Gasteiger partial charge in [-0.05, 0) is 72.3 Å². The second-order valence-electron chi connectivity index (χ2n) is 9.99. The van der Waals surface area contributed by atoms with Gasteiger partial charge in [0.2, 0.25) is 0 Å². The minimum Gasteiger partial charge on any atom is -0.354 e. The van der Waals surface area contributed by atoms with Crippen molar-refractivity contribution < 1.29 is 0 Å². The molecule has 7 rings (SSSR count). The summed E-state index contributed by atoms with van der Waals surface area (Å²) < 4.78 is 0. The molecular weight excluding hydrogens is 498 g/mol. The Kier molecular flexibility index (Phi) is 6.52. The van der Waals surface area contributed by atoms with E-state index >= 15 is 0 Å². The maximum atomic E-state index is 3.75. The molecule has 1 heterocycles. The van der Waals surface area contributed by atoms with Crippen molar-refractivity contribution in [2.75, 3.05) is 9.80 Å². The van der Waals surface area contributed by atoms with Crippen LogP contribution in [-0.4, -0.2) is 4.98 Å². The van der Waals surface area contributed by atoms with Crippen molar-refractivity contribution in [3.63, 3.8) is 0 Å². The van der Waals surface area contributed by atoms with E-state index in [1.807, 2.05) is 0 Å². The Morgan fingerprint density at radius 1 is 0.366 bits per heavy atom. The Morgan fingerprint density at radius 2 is 0.780 bits per heavy atom. The van der Waals surface area contributed by atoms with Crippen molar-refractivity contribution >= 4 is 45.0 Å². The van der Waals surface area contributed by atoms with Crippen LogP contribution in [0, 0.1) is 0 Å². The van der Waals surface area contributed by atoms with Gasteiger partial charge in [-0.15, -0.1) is 0 Å². The summed E-state index contributed by atoms with van der Waals surface area (Å²) in [7, 11) is 0. The van der Waals surface area contributed by atoms with Crippen molar-refractivity contribution in [2.24, 2.45) is 0 Å². The zero-order valence-electron chi connectivity index (χ0n) is 22.6. The molecular formula is C38H29N3. The van der Waals surface area contributed by atoms with Gasteiger partial charge in [0.15, 0.2) is 0 Å². The summed E-state index contributed by atoms with van der Waals surface area (Å²) >= 11 is 0. The van der Waals surface area contributed by atoms with Crippen molar-refractivity contribution in [2.45, 2.75) is 0 Å². The summed E-state index contributed by atoms with van der Waals surface area (Å²) in [5.41, 5.74) is 9.90. The first kappa shape index (κ1) is 24.5. The van der Waals surface area contributed by atoms with Crippen LogP contribution in [0.3, 0.4) is 0 Å². The van der Waals surface area contributed by atoms with Crippen LogP contribution in [0.1, 0.15) is 0 Å². The average Bonchev–Trinajstić information content (AvgIpc) is 3.49. The van der Waals surface area contributed by atoms with E-state index in [2.05, 4.69) is 185 Å². The quantitative estimate of drug-likeness (QED) is 0.223. The lowest BCUT2D eigenvalue weighted by Crippen LogP contribution is -2.13. The molecule has 1 aromatic heterocycles. The summed E-state index contributed by atoms with van der Waals surface area (Å²) in [5, 5.41) is 1.15. The van der Waals surface area contributed by atoms with Crippen LogP contribution >= 0.6 is 0 Å². The van der Waals surface area contributed by atoms with E-state index in [4.69, 9.17) is 0 Å². The molecule has 0 saturated heterocycles. The molecule has 0 aliphatic heterocycles. The van der Waals surface area contributed by atoms with Gasteiger partial charge in [-0.2, -0.15) is 0 Å². The van der Waals surface area contributed by atoms with Gasteiger partial charge in [0.1, 0.15) is 0 Å². The summed E-state index contributed by atoms with van der Waals surface area (Å²) in [6, 6.07) is 59.7. The van der Waals surface area contributed by atoms with Crippen LogP contribution < -0.4 is 9.80 Å². The minimum atomic E-state index is 1.07. The van der Waals surface area contributed by atoms with E-state index in [1.165, 1.54) is 0 Å². The molecule has 3 nitrogen and oxygen atoms in total. The number of rotatable bonds is 7. The van der Waals surface area contributed by atoms with Gasteiger partial charge in [-0.25, -0.2) is 0 Å². The molecule has 0 fully saturated rings. The second-order valence-corrected chi connectivity index (χ2v) is 9.99. The normalized spacial score (nSPS) is 10.9. The molecule has 0 unspecified atom stereocenters. The molecule has 3 heteroatoms. The number of anilines is 6. The highest BCUT2D eigenvalue weighted by Crippen LogP contribution is 2.45. The third-order valence-corrected chi connectivity index (χ3v) is 7.34. The third kappa shape index (κ3) is 4.86. The van der Waals surface area contributed by atoms with E-state index in [-0.39, 0.29) is 0 Å². The van der Waals surface area contributed by atoms with E-state index in [0.717, 1.165) is 56.3 Å². The molecule has 0 aliphatic rings. The molecule has 0 bridgehead atoms. The van der Waals surface area contributed by atoms with Gasteiger partial charge in [0, 0.05) is 33.8 Å². The molecule has 1 N–H and O–H groups in total. The molecule has 41 heavy (non-hydrogen) atoms. The molecule has 0 aliphatic carbocycles. The fraction of sp³-hybridized carbons (Fsp3) is 0. The number of para-hydroxylation sites is 4. The zero-order valence-corrected chi connectivity index (χ0v) is 22.6. The van der Waals surface area contributed by atoms with Crippen LogP contribution in [-0.2, 0) is 0 Å². The topological polar surface area (TPSA) is 22.3 Å². The van der Waals surface area contributed by atoms with Crippen molar-refractivity contribution in [1.82, 2.24) is 4.98 Å². The Balaban J connectivity index is 1.53. The summed E-state index contributed by atoms with van der Waals surface area (Å²) in [6.45, 7) is 0. The standard InChI is InChI=1S/C38H29N3/c1-6-16-29(17-7-1)36-28-35-37(39-36)26-34(40(30-18-8-2-9-19-30)31-20-10-3-11-21-31)27-38(35)41(32-22-12-4-13-23-32)33-24-14-5-15-25-33/h1-28,39H. The molecule has 196 valence electrons. The van der Waals surface area contributed by atoms with E-state index in [9.17, 15) is 0 Å². The van der Waals surface area contributed by atoms with E-state index in [0.29, 0.717) is 0 Å². The number of hydrogen-bond donors (Lipinski definition) is 1. The van der Waals surface area contributed by atoms with Crippen LogP contribution in [0.2, 0.25) is 0 Å². The maximum Gasteiger partial charge on any atom is 0.0576 e. The first-order valence-corrected chi connectivity index (χ1v) is 13.9. The predicted octanol–water partition coefficient (Wildman–Crippen LogP) is 10.8. The fourth-order valence-electron chi connectivity index (χ4n) is 5.47. The lowest BCUT2D eigenvalue weighted by Gasteiger charge is -2.30. The van der Waals surface area contributed by atoms with Crippen LogP contribution in [0.4, 0.5) is 34.1 Å². The Morgan fingerprint density at radius 3 is 1.24 bits per heavy atom. The van der Waals surface area contributed by atoms with Crippen LogP contribution in [0.15, 0.2) is 170 Å². The van der Waals surface area contributed by atoms with Gasteiger partial charge < -0.3 is 14.8 Å². The first-order valence-electron chi connectivity index (χ1n) is 13.9. The summed E-state index contributed by atoms with van der Waals surface area (Å²) in [4.78, 5) is 8.42. The smallest absolute Gasteiger partial charge is 0.0576 e. The van der Waals surface area contributed by atoms with Crippen LogP contribution in [0.5, 0.6) is 0 Å². The zero-order chi connectivity index (χ0) is 27.4. The molecule has 0 saturated carbocycles. The number of nitrogens with zero attached hydrogens (tertiary/aromatic N) is 2. The lowest BCUT2D eigenvalue weighted by atomic mass is 10.1. The Hall–Kier alpha value is -5.54. The molecule has 0 amide bonds.